The van der Waals surface area contributed by atoms with Gasteiger partial charge in [-0.05, 0) is 18.5 Å². The molecule has 0 saturated carbocycles. The van der Waals surface area contributed by atoms with Crippen molar-refractivity contribution in [3.05, 3.63) is 35.9 Å². The molecule has 1 aromatic carbocycles. The summed E-state index contributed by atoms with van der Waals surface area (Å²) < 4.78 is 0. The molecule has 1 aromatic rings. The minimum atomic E-state index is -0.794. The Balaban J connectivity index is 2.06. The zero-order chi connectivity index (χ0) is 13.7. The quantitative estimate of drug-likeness (QED) is 0.831. The van der Waals surface area contributed by atoms with Crippen LogP contribution in [-0.4, -0.2) is 41.5 Å². The predicted octanol–water partition coefficient (Wildman–Crippen LogP) is 1.02. The second-order valence-corrected chi connectivity index (χ2v) is 4.64. The van der Waals surface area contributed by atoms with Gasteiger partial charge in [-0.2, -0.15) is 0 Å². The van der Waals surface area contributed by atoms with Crippen molar-refractivity contribution in [2.45, 2.75) is 18.9 Å². The van der Waals surface area contributed by atoms with Crippen molar-refractivity contribution in [2.75, 3.05) is 19.6 Å². The van der Waals surface area contributed by atoms with E-state index in [9.17, 15) is 9.59 Å². The molecule has 1 aliphatic rings. The number of amides is 1. The monoisotopic (exact) mass is 262 g/mol. The van der Waals surface area contributed by atoms with E-state index in [1.165, 1.54) is 0 Å². The van der Waals surface area contributed by atoms with Crippen LogP contribution in [0.3, 0.4) is 0 Å². The first kappa shape index (κ1) is 13.5. The van der Waals surface area contributed by atoms with Gasteiger partial charge < -0.3 is 10.4 Å². The number of nitrogens with zero attached hydrogens (tertiary/aromatic N) is 1. The maximum Gasteiger partial charge on any atom is 0.303 e. The topological polar surface area (TPSA) is 69.6 Å². The minimum absolute atomic E-state index is 0.00669. The predicted molar refractivity (Wildman–Crippen MR) is 70.6 cm³/mol. The highest BCUT2D eigenvalue weighted by Crippen LogP contribution is 2.23. The maximum atomic E-state index is 12.0. The van der Waals surface area contributed by atoms with E-state index in [0.29, 0.717) is 19.5 Å². The van der Waals surface area contributed by atoms with Gasteiger partial charge in [0.2, 0.25) is 5.91 Å². The Kier molecular flexibility index (Phi) is 4.52. The van der Waals surface area contributed by atoms with Gasteiger partial charge in [0.25, 0.3) is 0 Å². The van der Waals surface area contributed by atoms with E-state index in [1.807, 2.05) is 30.3 Å². The Hall–Kier alpha value is -1.88. The summed E-state index contributed by atoms with van der Waals surface area (Å²) in [4.78, 5) is 24.6. The van der Waals surface area contributed by atoms with Crippen molar-refractivity contribution in [1.82, 2.24) is 10.2 Å². The molecule has 1 unspecified atom stereocenters. The Morgan fingerprint density at radius 1 is 1.37 bits per heavy atom. The number of hydrogen-bond acceptors (Lipinski definition) is 3. The summed E-state index contributed by atoms with van der Waals surface area (Å²) in [6.07, 6.45) is 0.700. The van der Waals surface area contributed by atoms with E-state index in [1.54, 1.807) is 0 Å². The van der Waals surface area contributed by atoms with Crippen LogP contribution in [0.2, 0.25) is 0 Å². The van der Waals surface area contributed by atoms with Crippen LogP contribution in [-0.2, 0) is 9.59 Å². The SMILES string of the molecule is O=C(O)CCCN1CCNC(=O)C1c1ccccc1. The number of carbonyl (C=O) groups is 2. The van der Waals surface area contributed by atoms with Crippen molar-refractivity contribution in [3.8, 4) is 0 Å². The van der Waals surface area contributed by atoms with Crippen LogP contribution in [0, 0.1) is 0 Å². The zero-order valence-electron chi connectivity index (χ0n) is 10.7. The number of nitrogens with one attached hydrogen (secondary N) is 1. The lowest BCUT2D eigenvalue weighted by atomic mass is 10.0. The summed E-state index contributed by atoms with van der Waals surface area (Å²) in [5.41, 5.74) is 0.954. The van der Waals surface area contributed by atoms with Crippen LogP contribution in [0.1, 0.15) is 24.4 Å². The standard InChI is InChI=1S/C14H18N2O3/c17-12(18)7-4-9-16-10-8-15-14(19)13(16)11-5-2-1-3-6-11/h1-3,5-6,13H,4,7-10H2,(H,15,19)(H,17,18). The lowest BCUT2D eigenvalue weighted by molar-refractivity contribution is -0.137. The molecule has 1 amide bonds. The summed E-state index contributed by atoms with van der Waals surface area (Å²) in [5.74, 6) is -0.800. The second kappa shape index (κ2) is 6.33. The highest BCUT2D eigenvalue weighted by Gasteiger charge is 2.30. The Labute approximate surface area is 112 Å². The van der Waals surface area contributed by atoms with Crippen LogP contribution in [0.4, 0.5) is 0 Å². The normalized spacial score (nSPS) is 20.0. The average Bonchev–Trinajstić information content (AvgIpc) is 2.39. The van der Waals surface area contributed by atoms with E-state index >= 15 is 0 Å². The van der Waals surface area contributed by atoms with E-state index in [2.05, 4.69) is 10.2 Å². The average molecular weight is 262 g/mol. The number of carboxylic acid groups (broad SMARTS) is 1. The fourth-order valence-electron chi connectivity index (χ4n) is 2.39. The Bertz CT molecular complexity index is 447. The summed E-state index contributed by atoms with van der Waals surface area (Å²) in [6, 6.07) is 9.29. The molecular formula is C14H18N2O3. The molecule has 1 atom stereocenters. The van der Waals surface area contributed by atoms with Gasteiger partial charge in [0.15, 0.2) is 0 Å². The van der Waals surface area contributed by atoms with Gasteiger partial charge in [-0.15, -0.1) is 0 Å². The number of piperazine rings is 1. The van der Waals surface area contributed by atoms with Crippen molar-refractivity contribution in [2.24, 2.45) is 0 Å². The van der Waals surface area contributed by atoms with Gasteiger partial charge in [0.05, 0.1) is 0 Å². The maximum absolute atomic E-state index is 12.0. The lowest BCUT2D eigenvalue weighted by Gasteiger charge is -2.35. The molecule has 2 N–H and O–H groups in total. The minimum Gasteiger partial charge on any atom is -0.481 e. The number of rotatable bonds is 5. The van der Waals surface area contributed by atoms with E-state index in [-0.39, 0.29) is 18.4 Å². The van der Waals surface area contributed by atoms with Gasteiger partial charge in [0, 0.05) is 19.5 Å². The van der Waals surface area contributed by atoms with Crippen LogP contribution < -0.4 is 5.32 Å². The highest BCUT2D eigenvalue weighted by atomic mass is 16.4. The van der Waals surface area contributed by atoms with Gasteiger partial charge in [-0.25, -0.2) is 0 Å². The molecule has 102 valence electrons. The molecule has 5 nitrogen and oxygen atoms in total. The Morgan fingerprint density at radius 3 is 2.79 bits per heavy atom. The molecule has 1 aliphatic heterocycles. The molecule has 0 aromatic heterocycles. The van der Waals surface area contributed by atoms with Crippen LogP contribution in [0.5, 0.6) is 0 Å². The van der Waals surface area contributed by atoms with E-state index in [0.717, 1.165) is 12.1 Å². The van der Waals surface area contributed by atoms with Gasteiger partial charge in [-0.3, -0.25) is 14.5 Å². The molecule has 0 radical (unpaired) electrons. The van der Waals surface area contributed by atoms with Crippen molar-refractivity contribution >= 4 is 11.9 Å². The summed E-state index contributed by atoms with van der Waals surface area (Å²) >= 11 is 0. The number of carbonyl (C=O) groups excluding carboxylic acids is 1. The first-order valence-electron chi connectivity index (χ1n) is 6.47. The molecule has 0 bridgehead atoms. The molecule has 1 heterocycles. The van der Waals surface area contributed by atoms with Crippen LogP contribution in [0.25, 0.3) is 0 Å². The summed E-state index contributed by atoms with van der Waals surface area (Å²) in [5, 5.41) is 11.5. The van der Waals surface area contributed by atoms with E-state index < -0.39 is 5.97 Å². The van der Waals surface area contributed by atoms with Gasteiger partial charge in [0.1, 0.15) is 6.04 Å². The van der Waals surface area contributed by atoms with Crippen molar-refractivity contribution in [1.29, 1.82) is 0 Å². The molecule has 1 saturated heterocycles. The smallest absolute Gasteiger partial charge is 0.303 e. The van der Waals surface area contributed by atoms with Crippen LogP contribution >= 0.6 is 0 Å². The third-order valence-corrected chi connectivity index (χ3v) is 3.26. The fraction of sp³-hybridized carbons (Fsp3) is 0.429. The molecule has 0 spiro atoms. The third-order valence-electron chi connectivity index (χ3n) is 3.26. The van der Waals surface area contributed by atoms with E-state index in [4.69, 9.17) is 5.11 Å². The second-order valence-electron chi connectivity index (χ2n) is 4.64. The molecule has 0 aliphatic carbocycles. The fourth-order valence-corrected chi connectivity index (χ4v) is 2.39. The first-order valence-corrected chi connectivity index (χ1v) is 6.47. The number of carboxylic acids is 1. The lowest BCUT2D eigenvalue weighted by Crippen LogP contribution is -2.50. The molecular weight excluding hydrogens is 244 g/mol. The molecule has 2 rings (SSSR count). The number of hydrogen-bond donors (Lipinski definition) is 2. The molecule has 19 heavy (non-hydrogen) atoms. The van der Waals surface area contributed by atoms with Gasteiger partial charge in [-0.1, -0.05) is 30.3 Å². The number of benzene rings is 1. The third kappa shape index (κ3) is 3.54. The van der Waals surface area contributed by atoms with Crippen molar-refractivity contribution < 1.29 is 14.7 Å². The number of aliphatic carboxylic acids is 1. The van der Waals surface area contributed by atoms with Crippen LogP contribution in [0.15, 0.2) is 30.3 Å². The van der Waals surface area contributed by atoms with Gasteiger partial charge >= 0.3 is 5.97 Å². The molecule has 1 fully saturated rings. The summed E-state index contributed by atoms with van der Waals surface area (Å²) in [6.45, 7) is 2.00. The zero-order valence-corrected chi connectivity index (χ0v) is 10.7. The van der Waals surface area contributed by atoms with Crippen molar-refractivity contribution in [3.63, 3.8) is 0 Å². The first-order chi connectivity index (χ1) is 9.18. The Morgan fingerprint density at radius 2 is 2.11 bits per heavy atom. The largest absolute Gasteiger partial charge is 0.481 e. The highest BCUT2D eigenvalue weighted by molar-refractivity contribution is 5.83. The summed E-state index contributed by atoms with van der Waals surface area (Å²) in [7, 11) is 0. The molecule has 5 heteroatoms.